The van der Waals surface area contributed by atoms with Gasteiger partial charge >= 0.3 is 0 Å². The van der Waals surface area contributed by atoms with Gasteiger partial charge in [0.15, 0.2) is 0 Å². The van der Waals surface area contributed by atoms with Crippen LogP contribution in [0.2, 0.25) is 0 Å². The number of benzene rings is 1. The number of hydrogen-bond acceptors (Lipinski definition) is 5. The number of carbonyl (C=O) groups excluding carboxylic acids is 1. The van der Waals surface area contributed by atoms with Crippen molar-refractivity contribution in [1.82, 2.24) is 9.88 Å². The second-order valence-corrected chi connectivity index (χ2v) is 7.93. The van der Waals surface area contributed by atoms with Crippen molar-refractivity contribution in [1.29, 1.82) is 0 Å². The molecule has 30 heavy (non-hydrogen) atoms. The van der Waals surface area contributed by atoms with Crippen molar-refractivity contribution in [2.45, 2.75) is 32.2 Å². The van der Waals surface area contributed by atoms with E-state index in [0.29, 0.717) is 29.8 Å². The van der Waals surface area contributed by atoms with Crippen molar-refractivity contribution < 1.29 is 13.9 Å². The quantitative estimate of drug-likeness (QED) is 0.615. The Kier molecular flexibility index (Phi) is 7.26. The number of anilines is 2. The van der Waals surface area contributed by atoms with Crippen molar-refractivity contribution in [2.24, 2.45) is 0 Å². The molecule has 0 aliphatic carbocycles. The first-order valence-corrected chi connectivity index (χ1v) is 10.5. The standard InChI is InChI=1S/C23H31FN4O2/c1-5-6-13-30-19-8-9-21(25-15-19)23(29)27(4)17-7-10-22(20(24)14-17)28-12-11-18(16-28)26(2)3/h7-10,14-15,18H,5-6,11-13,16H2,1-4H3. The highest BCUT2D eigenvalue weighted by molar-refractivity contribution is 6.04. The van der Waals surface area contributed by atoms with Crippen LogP contribution in [-0.2, 0) is 0 Å². The maximum Gasteiger partial charge on any atom is 0.276 e. The molecule has 1 saturated heterocycles. The van der Waals surface area contributed by atoms with Crippen molar-refractivity contribution in [2.75, 3.05) is 50.6 Å². The average Bonchev–Trinajstić information content (AvgIpc) is 3.23. The van der Waals surface area contributed by atoms with Gasteiger partial charge in [0.05, 0.1) is 18.5 Å². The molecule has 1 aliphatic rings. The van der Waals surface area contributed by atoms with E-state index in [4.69, 9.17) is 4.74 Å². The highest BCUT2D eigenvalue weighted by Crippen LogP contribution is 2.28. The second kappa shape index (κ2) is 9.89. The number of carbonyl (C=O) groups is 1. The molecule has 1 aromatic carbocycles. The summed E-state index contributed by atoms with van der Waals surface area (Å²) in [6, 6.07) is 8.75. The van der Waals surface area contributed by atoms with Crippen molar-refractivity contribution in [3.05, 3.63) is 48.0 Å². The zero-order chi connectivity index (χ0) is 21.7. The summed E-state index contributed by atoms with van der Waals surface area (Å²) < 4.78 is 20.4. The summed E-state index contributed by atoms with van der Waals surface area (Å²) in [4.78, 5) is 22.6. The fourth-order valence-electron chi connectivity index (χ4n) is 3.56. The summed E-state index contributed by atoms with van der Waals surface area (Å²) in [5.74, 6) is 0.0231. The molecule has 1 fully saturated rings. The molecule has 7 heteroatoms. The molecule has 1 unspecified atom stereocenters. The van der Waals surface area contributed by atoms with Crippen LogP contribution >= 0.6 is 0 Å². The van der Waals surface area contributed by atoms with Crippen LogP contribution in [-0.4, -0.2) is 62.7 Å². The Balaban J connectivity index is 1.67. The zero-order valence-corrected chi connectivity index (χ0v) is 18.3. The monoisotopic (exact) mass is 414 g/mol. The normalized spacial score (nSPS) is 16.2. The van der Waals surface area contributed by atoms with E-state index in [1.165, 1.54) is 11.0 Å². The molecule has 1 aromatic heterocycles. The van der Waals surface area contributed by atoms with E-state index >= 15 is 0 Å². The first kappa shape index (κ1) is 22.0. The topological polar surface area (TPSA) is 48.9 Å². The van der Waals surface area contributed by atoms with Crippen molar-refractivity contribution >= 4 is 17.3 Å². The minimum atomic E-state index is -0.320. The van der Waals surface area contributed by atoms with Gasteiger partial charge in [0.1, 0.15) is 17.3 Å². The largest absolute Gasteiger partial charge is 0.492 e. The van der Waals surface area contributed by atoms with Gasteiger partial charge in [0, 0.05) is 31.9 Å². The molecular weight excluding hydrogens is 383 g/mol. The van der Waals surface area contributed by atoms with Gasteiger partial charge in [0.25, 0.3) is 5.91 Å². The Bertz CT molecular complexity index is 857. The number of hydrogen-bond donors (Lipinski definition) is 0. The predicted molar refractivity (Wildman–Crippen MR) is 118 cm³/mol. The molecular formula is C23H31FN4O2. The van der Waals surface area contributed by atoms with Crippen LogP contribution in [0.4, 0.5) is 15.8 Å². The number of ether oxygens (including phenoxy) is 1. The number of pyridine rings is 1. The summed E-state index contributed by atoms with van der Waals surface area (Å²) in [5.41, 5.74) is 1.36. The van der Waals surface area contributed by atoms with Crippen LogP contribution in [0.1, 0.15) is 36.7 Å². The summed E-state index contributed by atoms with van der Waals surface area (Å²) in [6.07, 6.45) is 4.59. The Morgan fingerprint density at radius 2 is 2.07 bits per heavy atom. The van der Waals surface area contributed by atoms with E-state index in [-0.39, 0.29) is 17.4 Å². The number of unbranched alkanes of at least 4 members (excludes halogenated alkanes) is 1. The number of halogens is 1. The van der Waals surface area contributed by atoms with Crippen LogP contribution in [0.5, 0.6) is 5.75 Å². The average molecular weight is 415 g/mol. The first-order valence-electron chi connectivity index (χ1n) is 10.5. The number of likely N-dealkylation sites (N-methyl/N-ethyl adjacent to an activating group) is 1. The van der Waals surface area contributed by atoms with Crippen LogP contribution in [0.15, 0.2) is 36.5 Å². The maximum atomic E-state index is 14.8. The molecule has 3 rings (SSSR count). The molecule has 0 radical (unpaired) electrons. The predicted octanol–water partition coefficient (Wildman–Crippen LogP) is 3.82. The number of amides is 1. The van der Waals surface area contributed by atoms with Crippen LogP contribution in [0.3, 0.4) is 0 Å². The van der Waals surface area contributed by atoms with E-state index in [2.05, 4.69) is 21.7 Å². The van der Waals surface area contributed by atoms with Crippen molar-refractivity contribution in [3.63, 3.8) is 0 Å². The fraction of sp³-hybridized carbons (Fsp3) is 0.478. The van der Waals surface area contributed by atoms with Gasteiger partial charge in [-0.15, -0.1) is 0 Å². The van der Waals surface area contributed by atoms with Gasteiger partial charge in [-0.1, -0.05) is 13.3 Å². The third-order valence-corrected chi connectivity index (χ3v) is 5.58. The third kappa shape index (κ3) is 5.08. The molecule has 6 nitrogen and oxygen atoms in total. The molecule has 162 valence electrons. The lowest BCUT2D eigenvalue weighted by atomic mass is 10.2. The Hall–Kier alpha value is -2.67. The summed E-state index contributed by atoms with van der Waals surface area (Å²) in [5, 5.41) is 0. The van der Waals surface area contributed by atoms with E-state index in [0.717, 1.165) is 32.4 Å². The Morgan fingerprint density at radius 1 is 1.27 bits per heavy atom. The van der Waals surface area contributed by atoms with E-state index in [9.17, 15) is 9.18 Å². The molecule has 1 atom stereocenters. The Morgan fingerprint density at radius 3 is 2.67 bits per heavy atom. The summed E-state index contributed by atoms with van der Waals surface area (Å²) in [7, 11) is 5.72. The van der Waals surface area contributed by atoms with Crippen LogP contribution < -0.4 is 14.5 Å². The smallest absolute Gasteiger partial charge is 0.276 e. The van der Waals surface area contributed by atoms with E-state index in [1.807, 2.05) is 14.1 Å². The number of aromatic nitrogens is 1. The highest BCUT2D eigenvalue weighted by Gasteiger charge is 2.26. The lowest BCUT2D eigenvalue weighted by Gasteiger charge is -2.23. The van der Waals surface area contributed by atoms with Crippen LogP contribution in [0.25, 0.3) is 0 Å². The van der Waals surface area contributed by atoms with Crippen LogP contribution in [0, 0.1) is 5.82 Å². The first-order chi connectivity index (χ1) is 14.4. The number of nitrogens with zero attached hydrogens (tertiary/aromatic N) is 4. The van der Waals surface area contributed by atoms with E-state index in [1.54, 1.807) is 37.5 Å². The van der Waals surface area contributed by atoms with Gasteiger partial charge < -0.3 is 19.4 Å². The SMILES string of the molecule is CCCCOc1ccc(C(=O)N(C)c2ccc(N3CCC(N(C)C)C3)c(F)c2)nc1. The lowest BCUT2D eigenvalue weighted by molar-refractivity contribution is 0.0988. The van der Waals surface area contributed by atoms with Crippen molar-refractivity contribution in [3.8, 4) is 5.75 Å². The fourth-order valence-corrected chi connectivity index (χ4v) is 3.56. The van der Waals surface area contributed by atoms with Gasteiger partial charge in [-0.05, 0) is 57.3 Å². The number of rotatable bonds is 8. The molecule has 1 amide bonds. The Labute approximate surface area is 178 Å². The summed E-state index contributed by atoms with van der Waals surface area (Å²) in [6.45, 7) is 4.35. The minimum Gasteiger partial charge on any atom is -0.492 e. The molecule has 0 spiro atoms. The zero-order valence-electron chi connectivity index (χ0n) is 18.3. The van der Waals surface area contributed by atoms with E-state index < -0.39 is 0 Å². The highest BCUT2D eigenvalue weighted by atomic mass is 19.1. The van der Waals surface area contributed by atoms with Gasteiger partial charge in [-0.2, -0.15) is 0 Å². The molecule has 0 bridgehead atoms. The van der Waals surface area contributed by atoms with Gasteiger partial charge in [-0.3, -0.25) is 4.79 Å². The molecule has 2 aromatic rings. The van der Waals surface area contributed by atoms with Gasteiger partial charge in [-0.25, -0.2) is 9.37 Å². The molecule has 1 aliphatic heterocycles. The minimum absolute atomic E-state index is 0.290. The summed E-state index contributed by atoms with van der Waals surface area (Å²) >= 11 is 0. The molecule has 0 saturated carbocycles. The third-order valence-electron chi connectivity index (χ3n) is 5.58. The lowest BCUT2D eigenvalue weighted by Crippen LogP contribution is -2.31. The molecule has 2 heterocycles. The second-order valence-electron chi connectivity index (χ2n) is 7.93. The van der Waals surface area contributed by atoms with Gasteiger partial charge in [0.2, 0.25) is 0 Å². The maximum absolute atomic E-state index is 14.8. The molecule has 0 N–H and O–H groups in total.